The van der Waals surface area contributed by atoms with Crippen molar-refractivity contribution in [2.45, 2.75) is 56.3 Å². The molecular formula is C27H29F4N5O2. The van der Waals surface area contributed by atoms with Gasteiger partial charge in [-0.25, -0.2) is 22.2 Å². The molecule has 4 aliphatic rings. The lowest BCUT2D eigenvalue weighted by atomic mass is 9.32. The highest BCUT2D eigenvalue weighted by Gasteiger charge is 2.81. The van der Waals surface area contributed by atoms with Gasteiger partial charge in [-0.2, -0.15) is 0 Å². The van der Waals surface area contributed by atoms with Crippen LogP contribution in [0.1, 0.15) is 37.7 Å². The summed E-state index contributed by atoms with van der Waals surface area (Å²) < 4.78 is 67.9. The number of tetrazole rings is 1. The van der Waals surface area contributed by atoms with Crippen LogP contribution < -0.4 is 4.74 Å². The van der Waals surface area contributed by atoms with Gasteiger partial charge in [0.25, 0.3) is 5.92 Å². The number of alkyl halides is 2. The average Bonchev–Trinajstić information content (AvgIpc) is 3.34. The highest BCUT2D eigenvalue weighted by atomic mass is 19.3. The zero-order valence-electron chi connectivity index (χ0n) is 20.7. The van der Waals surface area contributed by atoms with Crippen molar-refractivity contribution in [2.24, 2.45) is 10.8 Å². The van der Waals surface area contributed by atoms with Crippen molar-refractivity contribution in [3.8, 4) is 5.75 Å². The number of likely N-dealkylation sites (tertiary alicyclic amines) is 1. The molecule has 3 aromatic rings. The number of nitrogens with zero attached hydrogens (tertiary/aromatic N) is 5. The minimum absolute atomic E-state index is 0.129. The maximum absolute atomic E-state index is 16.3. The largest absolute Gasteiger partial charge is 0.490 e. The average molecular weight is 532 g/mol. The Kier molecular flexibility index (Phi) is 5.99. The first-order valence-electron chi connectivity index (χ1n) is 12.8. The van der Waals surface area contributed by atoms with Gasteiger partial charge < -0.3 is 14.7 Å². The van der Waals surface area contributed by atoms with Crippen LogP contribution in [0.25, 0.3) is 0 Å². The molecule has 2 aromatic carbocycles. The Morgan fingerprint density at radius 1 is 1.03 bits per heavy atom. The molecule has 1 atom stereocenters. The molecular weight excluding hydrogens is 502 g/mol. The molecule has 7 nitrogen and oxygen atoms in total. The molecule has 2 heterocycles. The molecule has 0 amide bonds. The highest BCUT2D eigenvalue weighted by molar-refractivity contribution is 5.34. The third kappa shape index (κ3) is 4.07. The summed E-state index contributed by atoms with van der Waals surface area (Å²) in [6, 6.07) is 11.9. The first-order chi connectivity index (χ1) is 18.1. The van der Waals surface area contributed by atoms with Gasteiger partial charge in [0.15, 0.2) is 5.60 Å². The van der Waals surface area contributed by atoms with E-state index in [0.29, 0.717) is 12.6 Å². The van der Waals surface area contributed by atoms with Crippen LogP contribution in [0.5, 0.6) is 5.75 Å². The molecule has 38 heavy (non-hydrogen) atoms. The van der Waals surface area contributed by atoms with E-state index < -0.39 is 40.7 Å². The molecule has 4 fully saturated rings. The van der Waals surface area contributed by atoms with E-state index in [1.54, 1.807) is 0 Å². The van der Waals surface area contributed by atoms with Crippen LogP contribution in [0.4, 0.5) is 17.6 Å². The lowest BCUT2D eigenvalue weighted by molar-refractivity contribution is -0.372. The maximum atomic E-state index is 16.3. The van der Waals surface area contributed by atoms with Crippen LogP contribution in [-0.4, -0.2) is 61.9 Å². The van der Waals surface area contributed by atoms with E-state index in [9.17, 15) is 13.9 Å². The summed E-state index contributed by atoms with van der Waals surface area (Å²) in [5.41, 5.74) is -5.34. The Morgan fingerprint density at radius 3 is 2.37 bits per heavy atom. The van der Waals surface area contributed by atoms with Gasteiger partial charge in [-0.05, 0) is 72.2 Å². The van der Waals surface area contributed by atoms with E-state index in [1.165, 1.54) is 0 Å². The van der Waals surface area contributed by atoms with Gasteiger partial charge in [-0.15, -0.1) is 5.10 Å². The summed E-state index contributed by atoms with van der Waals surface area (Å²) in [5, 5.41) is 22.0. The lowest BCUT2D eigenvalue weighted by Gasteiger charge is -2.74. The minimum atomic E-state index is -3.71. The fourth-order valence-electron chi connectivity index (χ4n) is 6.95. The fraction of sp³-hybridized carbons (Fsp3) is 0.519. The van der Waals surface area contributed by atoms with Gasteiger partial charge in [0.2, 0.25) is 0 Å². The van der Waals surface area contributed by atoms with Gasteiger partial charge in [0.05, 0.1) is 6.54 Å². The smallest absolute Gasteiger partial charge is 0.287 e. The Balaban J connectivity index is 1.13. The van der Waals surface area contributed by atoms with Crippen molar-refractivity contribution in [3.05, 3.63) is 72.1 Å². The van der Waals surface area contributed by atoms with Crippen molar-refractivity contribution in [1.82, 2.24) is 25.1 Å². The number of hydrogen-bond acceptors (Lipinski definition) is 6. The number of benzene rings is 2. The topological polar surface area (TPSA) is 76.3 Å². The molecule has 1 N–H and O–H groups in total. The second kappa shape index (κ2) is 9.01. The number of aromatic nitrogens is 4. The number of hydrogen-bond donors (Lipinski definition) is 1. The molecule has 11 heteroatoms. The summed E-state index contributed by atoms with van der Waals surface area (Å²) in [6.07, 6.45) is 3.63. The van der Waals surface area contributed by atoms with E-state index in [4.69, 9.17) is 4.74 Å². The second-order valence-electron chi connectivity index (χ2n) is 11.3. The van der Waals surface area contributed by atoms with Crippen molar-refractivity contribution < 1.29 is 27.4 Å². The fourth-order valence-corrected chi connectivity index (χ4v) is 6.95. The summed E-state index contributed by atoms with van der Waals surface area (Å²) in [6.45, 7) is 1.60. The third-order valence-electron chi connectivity index (χ3n) is 8.62. The minimum Gasteiger partial charge on any atom is -0.490 e. The van der Waals surface area contributed by atoms with Gasteiger partial charge in [-0.1, -0.05) is 18.2 Å². The lowest BCUT2D eigenvalue weighted by Crippen LogP contribution is -2.76. The van der Waals surface area contributed by atoms with E-state index in [1.807, 2.05) is 30.3 Å². The predicted molar refractivity (Wildman–Crippen MR) is 128 cm³/mol. The van der Waals surface area contributed by atoms with Crippen molar-refractivity contribution >= 4 is 0 Å². The zero-order valence-corrected chi connectivity index (χ0v) is 20.7. The van der Waals surface area contributed by atoms with Crippen molar-refractivity contribution in [1.29, 1.82) is 0 Å². The molecule has 1 aliphatic heterocycles. The van der Waals surface area contributed by atoms with Gasteiger partial charge >= 0.3 is 0 Å². The molecule has 0 unspecified atom stereocenters. The molecule has 2 bridgehead atoms. The highest BCUT2D eigenvalue weighted by Crippen LogP contribution is 2.80. The second-order valence-corrected chi connectivity index (χ2v) is 11.3. The SMILES string of the molecule is O[C@](Cn1cnnn1)(c1ccc(F)cc1F)C(F)(F)C12CC(CN3CCC(Oc4ccccc4)CC3)(C1)C2. The Morgan fingerprint density at radius 2 is 1.74 bits per heavy atom. The number of ether oxygens (including phenoxy) is 1. The number of aliphatic hydroxyl groups is 1. The molecule has 202 valence electrons. The van der Waals surface area contributed by atoms with Crippen LogP contribution >= 0.6 is 0 Å². The van der Waals surface area contributed by atoms with Crippen LogP contribution in [0.15, 0.2) is 54.9 Å². The van der Waals surface area contributed by atoms with E-state index in [0.717, 1.165) is 54.8 Å². The third-order valence-corrected chi connectivity index (χ3v) is 8.62. The van der Waals surface area contributed by atoms with Crippen molar-refractivity contribution in [3.63, 3.8) is 0 Å². The summed E-state index contributed by atoms with van der Waals surface area (Å²) in [4.78, 5) is 2.30. The van der Waals surface area contributed by atoms with Crippen molar-refractivity contribution in [2.75, 3.05) is 19.6 Å². The molecule has 3 saturated carbocycles. The quantitative estimate of drug-likeness (QED) is 0.418. The molecule has 1 saturated heterocycles. The number of piperidine rings is 1. The summed E-state index contributed by atoms with van der Waals surface area (Å²) >= 11 is 0. The first-order valence-corrected chi connectivity index (χ1v) is 12.8. The van der Waals surface area contributed by atoms with Crippen LogP contribution in [0, 0.1) is 22.5 Å². The normalized spacial score (nSPS) is 27.3. The van der Waals surface area contributed by atoms with Crippen LogP contribution in [0.2, 0.25) is 0 Å². The Hall–Kier alpha value is -3.05. The maximum Gasteiger partial charge on any atom is 0.287 e. The standard InChI is InChI=1S/C27H29F4N5O2/c28-19-6-7-22(23(29)12-19)26(37,17-36-18-32-33-34-36)27(30,31)25-13-24(14-25,15-25)16-35-10-8-21(9-11-35)38-20-4-2-1-3-5-20/h1-7,12,18,21,37H,8-11,13-17H2/t24?,25?,26-/m1/s1. The molecule has 0 spiro atoms. The first kappa shape index (κ1) is 25.2. The van der Waals surface area contributed by atoms with Gasteiger partial charge in [0, 0.05) is 36.7 Å². The molecule has 1 aromatic heterocycles. The number of para-hydroxylation sites is 1. The molecule has 7 rings (SSSR count). The van der Waals surface area contributed by atoms with Crippen LogP contribution in [-0.2, 0) is 12.1 Å². The van der Waals surface area contributed by atoms with Gasteiger partial charge in [0.1, 0.15) is 29.8 Å². The summed E-state index contributed by atoms with van der Waals surface area (Å²) in [5.74, 6) is -5.01. The molecule has 0 radical (unpaired) electrons. The van der Waals surface area contributed by atoms with E-state index in [2.05, 4.69) is 20.4 Å². The Bertz CT molecular complexity index is 1260. The number of halogens is 4. The predicted octanol–water partition coefficient (Wildman–Crippen LogP) is 4.19. The number of rotatable bonds is 9. The van der Waals surface area contributed by atoms with Gasteiger partial charge in [-0.3, -0.25) is 0 Å². The summed E-state index contributed by atoms with van der Waals surface area (Å²) in [7, 11) is 0. The van der Waals surface area contributed by atoms with E-state index in [-0.39, 0.29) is 30.8 Å². The Labute approximate surface area is 217 Å². The molecule has 3 aliphatic carbocycles. The van der Waals surface area contributed by atoms with Crippen LogP contribution in [0.3, 0.4) is 0 Å². The van der Waals surface area contributed by atoms with E-state index >= 15 is 8.78 Å². The zero-order chi connectivity index (χ0) is 26.6. The monoisotopic (exact) mass is 531 g/mol.